The van der Waals surface area contributed by atoms with Crippen LogP contribution in [0.3, 0.4) is 0 Å². The van der Waals surface area contributed by atoms with Crippen LogP contribution in [0.25, 0.3) is 0 Å². The summed E-state index contributed by atoms with van der Waals surface area (Å²) >= 11 is 0. The van der Waals surface area contributed by atoms with Crippen molar-refractivity contribution in [1.82, 2.24) is 20.8 Å². The molecule has 2 atom stereocenters. The molecule has 24 heavy (non-hydrogen) atoms. The normalized spacial score (nSPS) is 34.2. The summed E-state index contributed by atoms with van der Waals surface area (Å²) in [6.45, 7) is 14.9. The lowest BCUT2D eigenvalue weighted by Crippen LogP contribution is -2.58. The standard InChI is InChI=1S/C17H32N4O3/c1-14(2)9-11(16(5,6)20(14)23)18-13(22)19-12-10-15(3,4)21(24)17(12,7)8/h11-12H,9-10H2,1-8H3,(H2,18,19,22). The van der Waals surface area contributed by atoms with Crippen LogP contribution in [0.5, 0.6) is 0 Å². The molecule has 138 valence electrons. The third-order valence-electron chi connectivity index (χ3n) is 5.87. The summed E-state index contributed by atoms with van der Waals surface area (Å²) < 4.78 is 0. The van der Waals surface area contributed by atoms with E-state index in [2.05, 4.69) is 10.6 Å². The van der Waals surface area contributed by atoms with Gasteiger partial charge in [-0.2, -0.15) is 0 Å². The average Bonchev–Trinajstić information content (AvgIpc) is 2.66. The van der Waals surface area contributed by atoms with Crippen LogP contribution in [0, 0.1) is 0 Å². The van der Waals surface area contributed by atoms with Crippen molar-refractivity contribution in [3.05, 3.63) is 0 Å². The van der Waals surface area contributed by atoms with Crippen LogP contribution < -0.4 is 10.6 Å². The number of rotatable bonds is 2. The van der Waals surface area contributed by atoms with Crippen LogP contribution in [0.2, 0.25) is 0 Å². The molecule has 2 N–H and O–H groups in total. The minimum absolute atomic E-state index is 0.245. The third kappa shape index (κ3) is 3.03. The Labute approximate surface area is 145 Å². The smallest absolute Gasteiger partial charge is 0.315 e. The van der Waals surface area contributed by atoms with E-state index in [-0.39, 0.29) is 18.1 Å². The molecule has 0 bridgehead atoms. The number of hydroxylamine groups is 4. The van der Waals surface area contributed by atoms with Gasteiger partial charge in [-0.05, 0) is 68.2 Å². The van der Waals surface area contributed by atoms with Gasteiger partial charge in [-0.1, -0.05) is 0 Å². The van der Waals surface area contributed by atoms with Crippen LogP contribution >= 0.6 is 0 Å². The van der Waals surface area contributed by atoms with Crippen molar-refractivity contribution in [3.63, 3.8) is 0 Å². The fraction of sp³-hybridized carbons (Fsp3) is 0.941. The SMILES string of the molecule is CC1(C)CC(NC(=O)NC2CC(C)(C)N([O])C2(C)C)C(C)(C)N1[O]. The van der Waals surface area contributed by atoms with E-state index in [1.165, 1.54) is 0 Å². The average molecular weight is 340 g/mol. The van der Waals surface area contributed by atoms with Crippen LogP contribution in [-0.4, -0.2) is 50.4 Å². The Balaban J connectivity index is 2.05. The molecule has 2 aliphatic heterocycles. The molecule has 0 saturated carbocycles. The first-order valence-corrected chi connectivity index (χ1v) is 8.64. The highest BCUT2D eigenvalue weighted by molar-refractivity contribution is 5.75. The van der Waals surface area contributed by atoms with Crippen LogP contribution in [0.15, 0.2) is 0 Å². The van der Waals surface area contributed by atoms with Crippen molar-refractivity contribution in [1.29, 1.82) is 0 Å². The molecule has 2 fully saturated rings. The van der Waals surface area contributed by atoms with Crippen LogP contribution in [0.4, 0.5) is 4.79 Å². The Bertz CT molecular complexity index is 472. The number of amides is 2. The van der Waals surface area contributed by atoms with E-state index in [0.29, 0.717) is 12.8 Å². The second kappa shape index (κ2) is 5.56. The maximum Gasteiger partial charge on any atom is 0.315 e. The van der Waals surface area contributed by atoms with E-state index in [9.17, 15) is 15.2 Å². The number of carbonyl (C=O) groups excluding carboxylic acids is 1. The summed E-state index contributed by atoms with van der Waals surface area (Å²) in [5.74, 6) is 0. The molecule has 2 amide bonds. The maximum atomic E-state index is 12.5. The number of urea groups is 1. The lowest BCUT2D eigenvalue weighted by molar-refractivity contribution is -0.246. The van der Waals surface area contributed by atoms with Gasteiger partial charge in [-0.25, -0.2) is 4.79 Å². The van der Waals surface area contributed by atoms with Gasteiger partial charge < -0.3 is 10.6 Å². The monoisotopic (exact) mass is 340 g/mol. The van der Waals surface area contributed by atoms with Gasteiger partial charge in [-0.3, -0.25) is 0 Å². The molecule has 0 aromatic heterocycles. The van der Waals surface area contributed by atoms with Crippen molar-refractivity contribution in [2.24, 2.45) is 0 Å². The minimum Gasteiger partial charge on any atom is -0.333 e. The first-order valence-electron chi connectivity index (χ1n) is 8.64. The van der Waals surface area contributed by atoms with Gasteiger partial charge in [0.15, 0.2) is 0 Å². The van der Waals surface area contributed by atoms with E-state index < -0.39 is 22.2 Å². The van der Waals surface area contributed by atoms with Gasteiger partial charge in [0.05, 0.1) is 23.2 Å². The molecule has 0 aliphatic carbocycles. The number of carbonyl (C=O) groups is 1. The lowest BCUT2D eigenvalue weighted by atomic mass is 9.93. The molecule has 0 aromatic carbocycles. The Morgan fingerprint density at radius 3 is 1.25 bits per heavy atom. The van der Waals surface area contributed by atoms with Crippen molar-refractivity contribution in [3.8, 4) is 0 Å². The predicted octanol–water partition coefficient (Wildman–Crippen LogP) is 2.24. The number of hydrogen-bond acceptors (Lipinski definition) is 3. The summed E-state index contributed by atoms with van der Waals surface area (Å²) in [4.78, 5) is 12.5. The van der Waals surface area contributed by atoms with Gasteiger partial charge in [0, 0.05) is 11.1 Å². The summed E-state index contributed by atoms with van der Waals surface area (Å²) in [6, 6.07) is -0.805. The molecular weight excluding hydrogens is 308 g/mol. The summed E-state index contributed by atoms with van der Waals surface area (Å²) in [6.07, 6.45) is 1.17. The highest BCUT2D eigenvalue weighted by atomic mass is 16.5. The predicted molar refractivity (Wildman–Crippen MR) is 89.8 cm³/mol. The topological polar surface area (TPSA) is 87.4 Å². The molecule has 0 aromatic rings. The van der Waals surface area contributed by atoms with Crippen LogP contribution in [-0.2, 0) is 10.4 Å². The Morgan fingerprint density at radius 2 is 1.04 bits per heavy atom. The van der Waals surface area contributed by atoms with Crippen molar-refractivity contribution < 1.29 is 15.2 Å². The van der Waals surface area contributed by atoms with Gasteiger partial charge in [0.2, 0.25) is 0 Å². The molecule has 7 heteroatoms. The second-order valence-electron chi connectivity index (χ2n) is 9.65. The molecule has 2 aliphatic rings. The highest BCUT2D eigenvalue weighted by Gasteiger charge is 2.55. The fourth-order valence-electron chi connectivity index (χ4n) is 4.32. The van der Waals surface area contributed by atoms with Crippen molar-refractivity contribution in [2.75, 3.05) is 0 Å². The first kappa shape index (κ1) is 19.4. The highest BCUT2D eigenvalue weighted by Crippen LogP contribution is 2.40. The zero-order chi connectivity index (χ0) is 18.7. The second-order valence-corrected chi connectivity index (χ2v) is 9.65. The van der Waals surface area contributed by atoms with Gasteiger partial charge in [-0.15, -0.1) is 20.5 Å². The Kier molecular flexibility index (Phi) is 4.50. The largest absolute Gasteiger partial charge is 0.333 e. The van der Waals surface area contributed by atoms with E-state index in [4.69, 9.17) is 0 Å². The van der Waals surface area contributed by atoms with E-state index in [0.717, 1.165) is 10.1 Å². The Morgan fingerprint density at radius 1 is 0.750 bits per heavy atom. The molecule has 2 radical (unpaired) electrons. The zero-order valence-corrected chi connectivity index (χ0v) is 16.2. The molecule has 2 rings (SSSR count). The summed E-state index contributed by atoms with van der Waals surface area (Å²) in [5, 5.41) is 32.9. The Hall–Kier alpha value is -0.890. The van der Waals surface area contributed by atoms with E-state index in [1.54, 1.807) is 0 Å². The quantitative estimate of drug-likeness (QED) is 0.808. The van der Waals surface area contributed by atoms with Crippen molar-refractivity contribution >= 4 is 6.03 Å². The van der Waals surface area contributed by atoms with Crippen molar-refractivity contribution in [2.45, 2.75) is 102 Å². The van der Waals surface area contributed by atoms with Gasteiger partial charge in [0.25, 0.3) is 0 Å². The number of hydrogen-bond donors (Lipinski definition) is 2. The summed E-state index contributed by atoms with van der Waals surface area (Å²) in [5.41, 5.74) is -2.37. The first-order chi connectivity index (χ1) is 10.6. The van der Waals surface area contributed by atoms with E-state index in [1.807, 2.05) is 55.4 Å². The molecule has 2 saturated heterocycles. The zero-order valence-electron chi connectivity index (χ0n) is 16.2. The third-order valence-corrected chi connectivity index (χ3v) is 5.87. The lowest BCUT2D eigenvalue weighted by Gasteiger charge is -2.35. The van der Waals surface area contributed by atoms with Gasteiger partial charge >= 0.3 is 6.03 Å². The fourth-order valence-corrected chi connectivity index (χ4v) is 4.32. The number of nitrogens with zero attached hydrogens (tertiary/aromatic N) is 2. The van der Waals surface area contributed by atoms with Gasteiger partial charge in [0.1, 0.15) is 0 Å². The molecule has 2 unspecified atom stereocenters. The number of nitrogens with one attached hydrogen (secondary N) is 2. The minimum atomic E-state index is -0.671. The maximum absolute atomic E-state index is 12.5. The molecule has 2 heterocycles. The molecule has 7 nitrogen and oxygen atoms in total. The van der Waals surface area contributed by atoms with Crippen LogP contribution in [0.1, 0.15) is 68.2 Å². The van der Waals surface area contributed by atoms with E-state index >= 15 is 0 Å². The molecular formula is C17H32N4O3. The summed E-state index contributed by atoms with van der Waals surface area (Å²) in [7, 11) is 0. The molecule has 0 spiro atoms.